The topological polar surface area (TPSA) is 60.9 Å². The zero-order valence-electron chi connectivity index (χ0n) is 16.9. The SMILES string of the molecule is CN1C2COCC1CC(C(=O)c1cncc(B3OC(C)(C)C(C)(C)O3)c1)C2. The molecule has 4 rings (SSSR count). The van der Waals surface area contributed by atoms with Crippen LogP contribution in [0, 0.1) is 5.92 Å². The van der Waals surface area contributed by atoms with Crippen LogP contribution < -0.4 is 5.46 Å². The van der Waals surface area contributed by atoms with E-state index < -0.39 is 18.3 Å². The predicted molar refractivity (Wildman–Crippen MR) is 103 cm³/mol. The first-order valence-electron chi connectivity index (χ1n) is 9.82. The Labute approximate surface area is 161 Å². The van der Waals surface area contributed by atoms with Crippen molar-refractivity contribution < 1.29 is 18.8 Å². The number of Topliss-reactive ketones (excluding diaryl/α,β-unsaturated/α-hetero) is 1. The number of ether oxygens (including phenoxy) is 1. The number of carbonyl (C=O) groups excluding carboxylic acids is 1. The molecule has 4 heterocycles. The predicted octanol–water partition coefficient (Wildman–Crippen LogP) is 1.67. The van der Waals surface area contributed by atoms with E-state index in [0.717, 1.165) is 18.3 Å². The smallest absolute Gasteiger partial charge is 0.399 e. The summed E-state index contributed by atoms with van der Waals surface area (Å²) in [4.78, 5) is 19.9. The van der Waals surface area contributed by atoms with Crippen LogP contribution in [0.5, 0.6) is 0 Å². The van der Waals surface area contributed by atoms with Gasteiger partial charge in [0.05, 0.1) is 24.4 Å². The van der Waals surface area contributed by atoms with Gasteiger partial charge >= 0.3 is 7.12 Å². The van der Waals surface area contributed by atoms with Crippen molar-refractivity contribution in [3.8, 4) is 0 Å². The molecule has 27 heavy (non-hydrogen) atoms. The maximum atomic E-state index is 13.2. The normalized spacial score (nSPS) is 32.5. The molecule has 2 atom stereocenters. The lowest BCUT2D eigenvalue weighted by atomic mass is 9.77. The highest BCUT2D eigenvalue weighted by molar-refractivity contribution is 6.62. The molecule has 7 heteroatoms. The number of morpholine rings is 1. The van der Waals surface area contributed by atoms with Crippen molar-refractivity contribution in [2.75, 3.05) is 20.3 Å². The van der Waals surface area contributed by atoms with Crippen molar-refractivity contribution in [1.29, 1.82) is 0 Å². The van der Waals surface area contributed by atoms with Gasteiger partial charge in [0, 0.05) is 41.4 Å². The van der Waals surface area contributed by atoms with Crippen molar-refractivity contribution in [3.05, 3.63) is 24.0 Å². The summed E-state index contributed by atoms with van der Waals surface area (Å²) in [6.07, 6.45) is 5.08. The van der Waals surface area contributed by atoms with E-state index >= 15 is 0 Å². The van der Waals surface area contributed by atoms with E-state index in [1.54, 1.807) is 12.4 Å². The lowest BCUT2D eigenvalue weighted by Crippen LogP contribution is -2.55. The minimum absolute atomic E-state index is 0.0236. The van der Waals surface area contributed by atoms with Crippen LogP contribution in [-0.2, 0) is 14.0 Å². The highest BCUT2D eigenvalue weighted by atomic mass is 16.7. The molecule has 0 spiro atoms. The average Bonchev–Trinajstić information content (AvgIpc) is 2.82. The molecule has 0 radical (unpaired) electrons. The van der Waals surface area contributed by atoms with Crippen molar-refractivity contribution in [1.82, 2.24) is 9.88 Å². The minimum Gasteiger partial charge on any atom is -0.399 e. The lowest BCUT2D eigenvalue weighted by molar-refractivity contribution is -0.0702. The first kappa shape index (κ1) is 19.1. The summed E-state index contributed by atoms with van der Waals surface area (Å²) >= 11 is 0. The number of aromatic nitrogens is 1. The third-order valence-electron chi connectivity index (χ3n) is 6.83. The van der Waals surface area contributed by atoms with Crippen LogP contribution in [0.3, 0.4) is 0 Å². The second-order valence-electron chi connectivity index (χ2n) is 9.14. The summed E-state index contributed by atoms with van der Waals surface area (Å²) in [7, 11) is 1.64. The van der Waals surface area contributed by atoms with Gasteiger partial charge in [0.15, 0.2) is 5.78 Å². The van der Waals surface area contributed by atoms with Crippen LogP contribution in [0.25, 0.3) is 0 Å². The quantitative estimate of drug-likeness (QED) is 0.594. The Hall–Kier alpha value is -1.28. The molecule has 0 saturated carbocycles. The number of fused-ring (bicyclic) bond motifs is 2. The van der Waals surface area contributed by atoms with E-state index in [9.17, 15) is 4.79 Å². The molecule has 3 aliphatic rings. The van der Waals surface area contributed by atoms with Crippen LogP contribution in [0.1, 0.15) is 50.9 Å². The Kier molecular flexibility index (Phi) is 4.70. The lowest BCUT2D eigenvalue weighted by Gasteiger charge is -2.46. The van der Waals surface area contributed by atoms with Crippen molar-refractivity contribution in [2.24, 2.45) is 5.92 Å². The van der Waals surface area contributed by atoms with E-state index in [-0.39, 0.29) is 11.7 Å². The van der Waals surface area contributed by atoms with E-state index in [1.165, 1.54) is 0 Å². The standard InChI is InChI=1S/C20H29BN2O4/c1-19(2)20(3,4)27-21(26-19)15-6-14(9-22-10-15)18(24)13-7-16-11-25-12-17(8-13)23(16)5/h6,9-10,13,16-17H,7-8,11-12H2,1-5H3. The van der Waals surface area contributed by atoms with Crippen LogP contribution in [0.15, 0.2) is 18.5 Å². The van der Waals surface area contributed by atoms with Gasteiger partial charge in [-0.3, -0.25) is 14.7 Å². The fourth-order valence-electron chi connectivity index (χ4n) is 4.25. The number of hydrogen-bond donors (Lipinski definition) is 0. The summed E-state index contributed by atoms with van der Waals surface area (Å²) in [5.41, 5.74) is 0.623. The van der Waals surface area contributed by atoms with E-state index in [2.05, 4.69) is 16.9 Å². The third kappa shape index (κ3) is 3.35. The molecule has 146 valence electrons. The summed E-state index contributed by atoms with van der Waals surface area (Å²) < 4.78 is 17.9. The summed E-state index contributed by atoms with van der Waals surface area (Å²) in [5, 5.41) is 0. The number of piperidine rings is 1. The Morgan fingerprint density at radius 1 is 1.11 bits per heavy atom. The summed E-state index contributed by atoms with van der Waals surface area (Å²) in [6.45, 7) is 9.51. The number of pyridine rings is 1. The van der Waals surface area contributed by atoms with Crippen molar-refractivity contribution in [3.63, 3.8) is 0 Å². The highest BCUT2D eigenvalue weighted by Crippen LogP contribution is 2.36. The molecule has 1 aromatic rings. The zero-order valence-corrected chi connectivity index (χ0v) is 16.9. The first-order valence-corrected chi connectivity index (χ1v) is 9.82. The maximum Gasteiger partial charge on any atom is 0.496 e. The molecule has 2 bridgehead atoms. The van der Waals surface area contributed by atoms with Crippen LogP contribution >= 0.6 is 0 Å². The van der Waals surface area contributed by atoms with Crippen LogP contribution in [0.2, 0.25) is 0 Å². The van der Waals surface area contributed by atoms with Gasteiger partial charge in [-0.2, -0.15) is 0 Å². The summed E-state index contributed by atoms with van der Waals surface area (Å²) in [6, 6.07) is 2.54. The highest BCUT2D eigenvalue weighted by Gasteiger charge is 2.52. The molecule has 2 unspecified atom stereocenters. The molecule has 6 nitrogen and oxygen atoms in total. The monoisotopic (exact) mass is 372 g/mol. The molecule has 0 aromatic carbocycles. The zero-order chi connectivity index (χ0) is 19.4. The van der Waals surface area contributed by atoms with Gasteiger partial charge in [0.1, 0.15) is 0 Å². The Balaban J connectivity index is 1.52. The maximum absolute atomic E-state index is 13.2. The number of hydrogen-bond acceptors (Lipinski definition) is 6. The average molecular weight is 372 g/mol. The van der Waals surface area contributed by atoms with Gasteiger partial charge in [-0.15, -0.1) is 0 Å². The molecular formula is C20H29BN2O4. The van der Waals surface area contributed by atoms with Gasteiger partial charge in [-0.05, 0) is 53.7 Å². The third-order valence-corrected chi connectivity index (χ3v) is 6.83. The fourth-order valence-corrected chi connectivity index (χ4v) is 4.25. The first-order chi connectivity index (χ1) is 12.7. The van der Waals surface area contributed by atoms with Crippen molar-refractivity contribution >= 4 is 18.4 Å². The summed E-state index contributed by atoms with van der Waals surface area (Å²) in [5.74, 6) is 0.196. The van der Waals surface area contributed by atoms with Crippen molar-refractivity contribution in [2.45, 2.75) is 63.8 Å². The van der Waals surface area contributed by atoms with E-state index in [4.69, 9.17) is 14.0 Å². The van der Waals surface area contributed by atoms with Gasteiger partial charge in [-0.25, -0.2) is 0 Å². The molecule has 0 aliphatic carbocycles. The molecule has 0 amide bonds. The van der Waals surface area contributed by atoms with E-state index in [1.807, 2.05) is 33.8 Å². The molecule has 3 aliphatic heterocycles. The number of rotatable bonds is 3. The molecule has 0 N–H and O–H groups in total. The second kappa shape index (κ2) is 6.66. The molecule has 3 fully saturated rings. The fraction of sp³-hybridized carbons (Fsp3) is 0.700. The minimum atomic E-state index is -0.500. The van der Waals surface area contributed by atoms with E-state index in [0.29, 0.717) is 30.9 Å². The molecular weight excluding hydrogens is 343 g/mol. The van der Waals surface area contributed by atoms with Crippen LogP contribution in [0.4, 0.5) is 0 Å². The number of nitrogens with zero attached hydrogens (tertiary/aromatic N) is 2. The Morgan fingerprint density at radius 3 is 2.30 bits per heavy atom. The Morgan fingerprint density at radius 2 is 1.70 bits per heavy atom. The number of likely N-dealkylation sites (N-methyl/N-ethyl adjacent to an activating group) is 1. The number of carbonyl (C=O) groups is 1. The number of ketones is 1. The van der Waals surface area contributed by atoms with Gasteiger partial charge < -0.3 is 14.0 Å². The van der Waals surface area contributed by atoms with Gasteiger partial charge in [0.25, 0.3) is 0 Å². The second-order valence-corrected chi connectivity index (χ2v) is 9.14. The molecule has 3 saturated heterocycles. The Bertz CT molecular complexity index is 708. The van der Waals surface area contributed by atoms with Gasteiger partial charge in [-0.1, -0.05) is 0 Å². The van der Waals surface area contributed by atoms with Gasteiger partial charge in [0.2, 0.25) is 0 Å². The largest absolute Gasteiger partial charge is 0.496 e. The molecule has 1 aromatic heterocycles. The van der Waals surface area contributed by atoms with Crippen LogP contribution in [-0.4, -0.2) is 66.3 Å².